The van der Waals surface area contributed by atoms with Crippen LogP contribution in [0.15, 0.2) is 16.0 Å². The molecular weight excluding hydrogens is 738 g/mol. The second-order valence-corrected chi connectivity index (χ2v) is 16.9. The van der Waals surface area contributed by atoms with E-state index < -0.39 is 56.2 Å². The molecule has 2 N–H and O–H groups in total. The van der Waals surface area contributed by atoms with Gasteiger partial charge in [0.05, 0.1) is 13.1 Å². The van der Waals surface area contributed by atoms with Crippen molar-refractivity contribution in [2.24, 2.45) is 0 Å². The van der Waals surface area contributed by atoms with Crippen LogP contribution in [0.25, 0.3) is 0 Å². The van der Waals surface area contributed by atoms with Crippen molar-refractivity contribution in [1.82, 2.24) is 0 Å². The molecule has 0 saturated heterocycles. The van der Waals surface area contributed by atoms with Crippen molar-refractivity contribution < 1.29 is 80.4 Å². The van der Waals surface area contributed by atoms with Gasteiger partial charge in [-0.1, -0.05) is 0 Å². The first kappa shape index (κ1) is 38.6. The number of rotatable bonds is 2. The van der Waals surface area contributed by atoms with Gasteiger partial charge in [-0.25, -0.2) is 25.6 Å². The van der Waals surface area contributed by atoms with Crippen molar-refractivity contribution in [3.63, 3.8) is 0 Å². The van der Waals surface area contributed by atoms with Gasteiger partial charge in [-0.2, -0.15) is 8.78 Å². The number of aliphatic hydroxyl groups excluding tert-OH is 2. The number of fused-ring (bicyclic) bond motifs is 2. The summed E-state index contributed by atoms with van der Waals surface area (Å²) in [6, 6.07) is 0. The van der Waals surface area contributed by atoms with Gasteiger partial charge < -0.3 is 11.6 Å². The number of hydrogen-bond donors (Lipinski definition) is 2. The molecule has 2 aliphatic carbocycles. The predicted molar refractivity (Wildman–Crippen MR) is 141 cm³/mol. The molecule has 0 saturated carbocycles. The van der Waals surface area contributed by atoms with E-state index in [-0.39, 0.29) is 71.8 Å². The summed E-state index contributed by atoms with van der Waals surface area (Å²) in [4.78, 5) is 11.6. The first-order valence-corrected chi connectivity index (χ1v) is 16.7. The largest absolute Gasteiger partial charge is 1.00 e. The number of hydrogen-bond acceptors (Lipinski definition) is 9. The summed E-state index contributed by atoms with van der Waals surface area (Å²) in [5, 5.41) is 16.6. The van der Waals surface area contributed by atoms with Gasteiger partial charge in [0.15, 0.2) is 19.7 Å². The van der Waals surface area contributed by atoms with Gasteiger partial charge in [0.2, 0.25) is 5.78 Å². The third-order valence-corrected chi connectivity index (χ3v) is 12.9. The molecule has 3 radical (unpaired) electrons. The van der Waals surface area contributed by atoms with Crippen LogP contribution in [0.5, 0.6) is 0 Å². The maximum atomic E-state index is 13.4. The number of aliphatic hydroxyl groups is 2. The van der Waals surface area contributed by atoms with Gasteiger partial charge in [-0.15, -0.1) is 22.7 Å². The minimum Gasteiger partial charge on any atom is -1.00 e. The summed E-state index contributed by atoms with van der Waals surface area (Å²) in [6.45, 7) is 0. The fourth-order valence-electron chi connectivity index (χ4n) is 3.56. The Hall–Kier alpha value is 0.635. The van der Waals surface area contributed by atoms with E-state index in [1.54, 1.807) is 0 Å². The normalized spacial score (nSPS) is 19.2. The molecule has 0 spiro atoms. The Kier molecular flexibility index (Phi) is 14.0. The molecule has 7 nitrogen and oxygen atoms in total. The van der Waals surface area contributed by atoms with Crippen LogP contribution in [0.3, 0.4) is 0 Å². The quantitative estimate of drug-likeness (QED) is 0.352. The molecule has 1 unspecified atom stereocenters. The summed E-state index contributed by atoms with van der Waals surface area (Å²) < 4.78 is 99.8. The van der Waals surface area contributed by atoms with E-state index in [1.807, 2.05) is 0 Å². The molecule has 0 aromatic carbocycles. The molecule has 1 atom stereocenters. The molecule has 0 bridgehead atoms. The third-order valence-electron chi connectivity index (χ3n) is 5.19. The Bertz CT molecular complexity index is 1400. The van der Waals surface area contributed by atoms with Crippen molar-refractivity contribution in [3.8, 4) is 0 Å². The molecule has 2 aliphatic rings. The Morgan fingerprint density at radius 3 is 1.79 bits per heavy atom. The van der Waals surface area contributed by atoms with Crippen molar-refractivity contribution >= 4 is 88.4 Å². The van der Waals surface area contributed by atoms with E-state index in [1.165, 1.54) is 0 Å². The Labute approximate surface area is 267 Å². The van der Waals surface area contributed by atoms with Crippen LogP contribution in [0.4, 0.5) is 17.6 Å². The molecule has 38 heavy (non-hydrogen) atoms. The van der Waals surface area contributed by atoms with Gasteiger partial charge in [0.25, 0.3) is 5.92 Å². The van der Waals surface area contributed by atoms with Gasteiger partial charge in [0, 0.05) is 46.4 Å². The fourth-order valence-corrected chi connectivity index (χ4v) is 10.6. The molecule has 209 valence electrons. The smallest absolute Gasteiger partial charge is 1.00 e. The molecular formula is C19H21BBr2F4NaO7S4. The maximum absolute atomic E-state index is 13.4. The number of halogens is 6. The van der Waals surface area contributed by atoms with E-state index in [4.69, 9.17) is 5.11 Å². The first-order chi connectivity index (χ1) is 16.3. The Morgan fingerprint density at radius 2 is 1.32 bits per heavy atom. The number of ketones is 1. The zero-order valence-corrected chi connectivity index (χ0v) is 28.8. The number of carbonyl (C=O) groups is 1. The second kappa shape index (κ2) is 13.7. The van der Waals surface area contributed by atoms with Crippen LogP contribution in [-0.4, -0.2) is 72.7 Å². The molecule has 0 aliphatic heterocycles. The van der Waals surface area contributed by atoms with E-state index >= 15 is 0 Å². The molecule has 0 fully saturated rings. The minimum absolute atomic E-state index is 0. The van der Waals surface area contributed by atoms with Crippen LogP contribution >= 0.6 is 54.5 Å². The van der Waals surface area contributed by atoms with Gasteiger partial charge in [-0.3, -0.25) is 4.79 Å². The Balaban J connectivity index is 0. The van der Waals surface area contributed by atoms with Crippen LogP contribution in [0.1, 0.15) is 47.4 Å². The van der Waals surface area contributed by atoms with Gasteiger partial charge in [-0.05, 0) is 55.8 Å². The molecule has 19 heteroatoms. The zero-order chi connectivity index (χ0) is 28.0. The van der Waals surface area contributed by atoms with Crippen LogP contribution in [0, 0.1) is 0 Å². The molecule has 2 aromatic rings. The SMILES string of the molecule is CO.CS(=O)(=O)c1sc(Br)c2c1C(=O)C(F)(F)CC2.CS(=O)(=O)c1sc(Br)c2c1C(O)C(F)(F)CC2.[B].[H-].[Na+]. The van der Waals surface area contributed by atoms with Crippen LogP contribution < -0.4 is 29.6 Å². The summed E-state index contributed by atoms with van der Waals surface area (Å²) >= 11 is 7.97. The van der Waals surface area contributed by atoms with Crippen molar-refractivity contribution in [2.45, 2.75) is 52.1 Å². The molecule has 0 amide bonds. The Morgan fingerprint density at radius 1 is 0.895 bits per heavy atom. The number of alkyl halides is 4. The molecule has 4 rings (SSSR count). The number of thiophene rings is 2. The van der Waals surface area contributed by atoms with Crippen molar-refractivity contribution in [1.29, 1.82) is 0 Å². The number of carbonyl (C=O) groups excluding carboxylic acids is 1. The number of Topliss-reactive ketones (excluding diaryl/α,β-unsaturated/α-hetero) is 1. The van der Waals surface area contributed by atoms with Crippen LogP contribution in [-0.2, 0) is 32.5 Å². The summed E-state index contributed by atoms with van der Waals surface area (Å²) in [5.41, 5.74) is 0.390. The van der Waals surface area contributed by atoms with E-state index in [0.717, 1.165) is 42.3 Å². The average Bonchev–Trinajstić information content (AvgIpc) is 3.27. The summed E-state index contributed by atoms with van der Waals surface area (Å²) in [6.07, 6.45) is -1.17. The van der Waals surface area contributed by atoms with E-state index in [0.29, 0.717) is 18.7 Å². The predicted octanol–water partition coefficient (Wildman–Crippen LogP) is 1.55. The molecule has 2 heterocycles. The third kappa shape index (κ3) is 7.92. The first-order valence-electron chi connectivity index (χ1n) is 9.74. The van der Waals surface area contributed by atoms with Crippen molar-refractivity contribution in [3.05, 3.63) is 29.8 Å². The van der Waals surface area contributed by atoms with E-state index in [9.17, 15) is 44.3 Å². The fraction of sp³-hybridized carbons (Fsp3) is 0.526. The van der Waals surface area contributed by atoms with E-state index in [2.05, 4.69) is 31.9 Å². The standard InChI is InChI=1S/C9H9BrF2O3S2.C9H7BrF2O3S2.CH4O.B.Na.H/c2*1-17(14,15)8-5-4(7(10)16-8)2-3-9(11,12)6(5)13;1-2;;;/h6,13H,2-3H2,1H3;2-3H2,1H3;2H,1H3;;;/q;;;;+1;-1. The second-order valence-electron chi connectivity index (χ2n) is 7.81. The van der Waals surface area contributed by atoms with Gasteiger partial charge in [0.1, 0.15) is 14.5 Å². The van der Waals surface area contributed by atoms with Crippen molar-refractivity contribution in [2.75, 3.05) is 19.6 Å². The summed E-state index contributed by atoms with van der Waals surface area (Å²) in [5.74, 6) is -8.12. The summed E-state index contributed by atoms with van der Waals surface area (Å²) in [7, 11) is -6.28. The van der Waals surface area contributed by atoms with Gasteiger partial charge >= 0.3 is 35.5 Å². The average molecular weight is 759 g/mol. The number of sulfone groups is 2. The minimum atomic E-state index is -3.67. The van der Waals surface area contributed by atoms with Crippen LogP contribution in [0.2, 0.25) is 0 Å². The monoisotopic (exact) mass is 757 g/mol. The molecule has 2 aromatic heterocycles. The topological polar surface area (TPSA) is 126 Å². The maximum Gasteiger partial charge on any atom is 1.00 e. The zero-order valence-electron chi connectivity index (χ0n) is 21.3.